The van der Waals surface area contributed by atoms with Crippen molar-refractivity contribution in [3.63, 3.8) is 0 Å². The van der Waals surface area contributed by atoms with Crippen LogP contribution in [0.1, 0.15) is 10.4 Å². The molecule has 0 unspecified atom stereocenters. The fourth-order valence-corrected chi connectivity index (χ4v) is 5.16. The molecule has 3 N–H and O–H groups in total. The molecular weight excluding hydrogens is 386 g/mol. The van der Waals surface area contributed by atoms with E-state index in [4.69, 9.17) is 5.73 Å². The van der Waals surface area contributed by atoms with Crippen molar-refractivity contribution in [1.29, 1.82) is 0 Å². The predicted octanol–water partition coefficient (Wildman–Crippen LogP) is 2.73. The van der Waals surface area contributed by atoms with E-state index in [0.29, 0.717) is 14.7 Å². The van der Waals surface area contributed by atoms with Gasteiger partial charge in [0, 0.05) is 29.6 Å². The van der Waals surface area contributed by atoms with Crippen molar-refractivity contribution in [2.24, 2.45) is 5.73 Å². The standard InChI is InChI=1S/C12H11BrF2N2O2S2/c13-12-11(4-9(5-16)20-12)21(18,19)17-6-7-1-2-8(14)3-10(7)15/h1-4,17H,5-6,16H2. The first-order chi connectivity index (χ1) is 9.83. The number of rotatable bonds is 5. The van der Waals surface area contributed by atoms with Crippen molar-refractivity contribution in [3.05, 3.63) is 50.1 Å². The third kappa shape index (κ3) is 3.86. The molecule has 0 amide bonds. The van der Waals surface area contributed by atoms with Gasteiger partial charge in [0.1, 0.15) is 16.5 Å². The summed E-state index contributed by atoms with van der Waals surface area (Å²) in [6.45, 7) is -0.0416. The fourth-order valence-electron chi connectivity index (χ4n) is 1.60. The summed E-state index contributed by atoms with van der Waals surface area (Å²) in [5, 5.41) is 0. The Morgan fingerprint density at radius 1 is 1.29 bits per heavy atom. The van der Waals surface area contributed by atoms with Crippen LogP contribution in [0.15, 0.2) is 32.9 Å². The van der Waals surface area contributed by atoms with E-state index in [0.717, 1.165) is 6.07 Å². The Hall–Kier alpha value is -0.870. The number of nitrogens with one attached hydrogen (secondary N) is 1. The summed E-state index contributed by atoms with van der Waals surface area (Å²) >= 11 is 4.38. The summed E-state index contributed by atoms with van der Waals surface area (Å²) in [7, 11) is -3.81. The summed E-state index contributed by atoms with van der Waals surface area (Å²) < 4.78 is 53.3. The topological polar surface area (TPSA) is 72.2 Å². The molecule has 21 heavy (non-hydrogen) atoms. The first kappa shape index (κ1) is 16.5. The van der Waals surface area contributed by atoms with Gasteiger partial charge in [-0.15, -0.1) is 11.3 Å². The molecule has 9 heteroatoms. The number of hydrogen-bond acceptors (Lipinski definition) is 4. The van der Waals surface area contributed by atoms with Crippen LogP contribution in [0.25, 0.3) is 0 Å². The Morgan fingerprint density at radius 2 is 2.00 bits per heavy atom. The highest BCUT2D eigenvalue weighted by Gasteiger charge is 2.21. The molecule has 0 radical (unpaired) electrons. The molecule has 114 valence electrons. The molecule has 0 aliphatic carbocycles. The lowest BCUT2D eigenvalue weighted by molar-refractivity contribution is 0.562. The van der Waals surface area contributed by atoms with Gasteiger partial charge in [-0.25, -0.2) is 21.9 Å². The minimum atomic E-state index is -3.81. The predicted molar refractivity (Wildman–Crippen MR) is 80.3 cm³/mol. The van der Waals surface area contributed by atoms with Gasteiger partial charge in [-0.1, -0.05) is 6.07 Å². The molecule has 2 rings (SSSR count). The molecule has 0 spiro atoms. The van der Waals surface area contributed by atoms with E-state index in [-0.39, 0.29) is 23.5 Å². The average Bonchev–Trinajstić information content (AvgIpc) is 2.80. The normalized spacial score (nSPS) is 11.8. The molecule has 0 aliphatic rings. The Balaban J connectivity index is 2.19. The lowest BCUT2D eigenvalue weighted by atomic mass is 10.2. The van der Waals surface area contributed by atoms with Gasteiger partial charge >= 0.3 is 0 Å². The molecule has 0 saturated carbocycles. The SMILES string of the molecule is NCc1cc(S(=O)(=O)NCc2ccc(F)cc2F)c(Br)s1. The van der Waals surface area contributed by atoms with E-state index < -0.39 is 21.7 Å². The zero-order valence-electron chi connectivity index (χ0n) is 10.6. The smallest absolute Gasteiger partial charge is 0.242 e. The van der Waals surface area contributed by atoms with Crippen molar-refractivity contribution < 1.29 is 17.2 Å². The maximum Gasteiger partial charge on any atom is 0.242 e. The lowest BCUT2D eigenvalue weighted by Gasteiger charge is -2.07. The second-order valence-corrected chi connectivity index (χ2v) is 8.31. The molecular formula is C12H11BrF2N2O2S2. The number of benzene rings is 1. The first-order valence-electron chi connectivity index (χ1n) is 5.75. The summed E-state index contributed by atoms with van der Waals surface area (Å²) in [6, 6.07) is 4.43. The van der Waals surface area contributed by atoms with Crippen molar-refractivity contribution in [2.45, 2.75) is 18.0 Å². The van der Waals surface area contributed by atoms with Crippen LogP contribution < -0.4 is 10.5 Å². The highest BCUT2D eigenvalue weighted by molar-refractivity contribution is 9.11. The van der Waals surface area contributed by atoms with Crippen molar-refractivity contribution in [3.8, 4) is 0 Å². The third-order valence-corrected chi connectivity index (χ3v) is 6.34. The van der Waals surface area contributed by atoms with Gasteiger partial charge in [0.05, 0.1) is 3.79 Å². The third-order valence-electron chi connectivity index (χ3n) is 2.66. The summed E-state index contributed by atoms with van der Waals surface area (Å²) in [4.78, 5) is 0.755. The van der Waals surface area contributed by atoms with E-state index in [1.165, 1.54) is 23.5 Å². The second-order valence-electron chi connectivity index (χ2n) is 4.12. The second kappa shape index (κ2) is 6.49. The first-order valence-corrected chi connectivity index (χ1v) is 8.84. The molecule has 1 heterocycles. The maximum absolute atomic E-state index is 13.5. The van der Waals surface area contributed by atoms with Gasteiger partial charge < -0.3 is 5.73 Å². The van der Waals surface area contributed by atoms with Crippen LogP contribution in [0.5, 0.6) is 0 Å². The van der Waals surface area contributed by atoms with Crippen molar-refractivity contribution >= 4 is 37.3 Å². The minimum Gasteiger partial charge on any atom is -0.326 e. The number of halogens is 3. The molecule has 2 aromatic rings. The highest BCUT2D eigenvalue weighted by atomic mass is 79.9. The number of sulfonamides is 1. The van der Waals surface area contributed by atoms with Crippen LogP contribution in [-0.4, -0.2) is 8.42 Å². The van der Waals surface area contributed by atoms with Gasteiger partial charge in [0.2, 0.25) is 10.0 Å². The minimum absolute atomic E-state index is 0.0514. The van der Waals surface area contributed by atoms with Gasteiger partial charge in [0.25, 0.3) is 0 Å². The molecule has 0 atom stereocenters. The number of nitrogens with two attached hydrogens (primary N) is 1. The molecule has 1 aromatic heterocycles. The van der Waals surface area contributed by atoms with Crippen LogP contribution in [0.2, 0.25) is 0 Å². The van der Waals surface area contributed by atoms with Crippen LogP contribution in [0.4, 0.5) is 8.78 Å². The largest absolute Gasteiger partial charge is 0.326 e. The van der Waals surface area contributed by atoms with Crippen LogP contribution >= 0.6 is 27.3 Å². The van der Waals surface area contributed by atoms with E-state index in [1.54, 1.807) is 0 Å². The Morgan fingerprint density at radius 3 is 2.57 bits per heavy atom. The Kier molecular flexibility index (Phi) is 5.10. The number of hydrogen-bond donors (Lipinski definition) is 2. The lowest BCUT2D eigenvalue weighted by Crippen LogP contribution is -2.23. The van der Waals surface area contributed by atoms with Crippen LogP contribution in [0.3, 0.4) is 0 Å². The quantitative estimate of drug-likeness (QED) is 0.815. The fraction of sp³-hybridized carbons (Fsp3) is 0.167. The van der Waals surface area contributed by atoms with Gasteiger partial charge in [0.15, 0.2) is 0 Å². The molecule has 0 saturated heterocycles. The maximum atomic E-state index is 13.5. The molecule has 0 aliphatic heterocycles. The Labute approximate surface area is 133 Å². The highest BCUT2D eigenvalue weighted by Crippen LogP contribution is 2.31. The van der Waals surface area contributed by atoms with E-state index >= 15 is 0 Å². The molecule has 0 fully saturated rings. The van der Waals surface area contributed by atoms with E-state index in [9.17, 15) is 17.2 Å². The zero-order valence-corrected chi connectivity index (χ0v) is 13.8. The number of thiophene rings is 1. The molecule has 4 nitrogen and oxygen atoms in total. The van der Waals surface area contributed by atoms with Crippen molar-refractivity contribution in [2.75, 3.05) is 0 Å². The molecule has 1 aromatic carbocycles. The van der Waals surface area contributed by atoms with Gasteiger partial charge in [-0.05, 0) is 28.1 Å². The van der Waals surface area contributed by atoms with Crippen molar-refractivity contribution in [1.82, 2.24) is 4.72 Å². The summed E-state index contributed by atoms with van der Waals surface area (Å²) in [6.07, 6.45) is 0. The summed E-state index contributed by atoms with van der Waals surface area (Å²) in [5.74, 6) is -1.52. The van der Waals surface area contributed by atoms with Crippen LogP contribution in [-0.2, 0) is 23.1 Å². The van der Waals surface area contributed by atoms with E-state index in [1.807, 2.05) is 0 Å². The zero-order chi connectivity index (χ0) is 15.6. The van der Waals surface area contributed by atoms with E-state index in [2.05, 4.69) is 20.7 Å². The summed E-state index contributed by atoms with van der Waals surface area (Å²) in [5.41, 5.74) is 5.52. The monoisotopic (exact) mass is 396 g/mol. The molecule has 0 bridgehead atoms. The average molecular weight is 397 g/mol. The van der Waals surface area contributed by atoms with Crippen LogP contribution in [0, 0.1) is 11.6 Å². The van der Waals surface area contributed by atoms with Gasteiger partial charge in [-0.3, -0.25) is 0 Å². The van der Waals surface area contributed by atoms with Gasteiger partial charge in [-0.2, -0.15) is 0 Å². The Bertz CT molecular complexity index is 763.